The number of likely N-dealkylation sites (tertiary alicyclic amines) is 1. The number of aromatic nitrogens is 2. The minimum absolute atomic E-state index is 0.0118. The van der Waals surface area contributed by atoms with Crippen LogP contribution in [0.2, 0.25) is 0 Å². The summed E-state index contributed by atoms with van der Waals surface area (Å²) in [6, 6.07) is -0.143. The molecule has 2 fully saturated rings. The zero-order valence-electron chi connectivity index (χ0n) is 13.7. The first-order valence-electron chi connectivity index (χ1n) is 8.21. The average molecular weight is 320 g/mol. The summed E-state index contributed by atoms with van der Waals surface area (Å²) >= 11 is 0. The average Bonchev–Trinajstić information content (AvgIpc) is 3.00. The molecule has 126 valence electrons. The van der Waals surface area contributed by atoms with Gasteiger partial charge in [-0.1, -0.05) is 0 Å². The van der Waals surface area contributed by atoms with Crippen molar-refractivity contribution in [1.82, 2.24) is 19.8 Å². The Morgan fingerprint density at radius 2 is 2.04 bits per heavy atom. The minimum atomic E-state index is -0.143. The summed E-state index contributed by atoms with van der Waals surface area (Å²) in [5.41, 5.74) is 0.979. The maximum atomic E-state index is 12.9. The number of carbonyl (C=O) groups is 2. The number of hydrogen-bond acceptors (Lipinski definition) is 4. The van der Waals surface area contributed by atoms with Crippen LogP contribution in [-0.2, 0) is 14.3 Å². The van der Waals surface area contributed by atoms with Gasteiger partial charge in [0.05, 0.1) is 13.2 Å². The number of rotatable bonds is 2. The molecule has 0 aliphatic carbocycles. The molecule has 1 unspecified atom stereocenters. The number of amides is 2. The van der Waals surface area contributed by atoms with Gasteiger partial charge in [0.1, 0.15) is 11.9 Å². The van der Waals surface area contributed by atoms with Crippen molar-refractivity contribution in [1.29, 1.82) is 0 Å². The third-order valence-corrected chi connectivity index (χ3v) is 4.74. The van der Waals surface area contributed by atoms with Gasteiger partial charge in [-0.3, -0.25) is 9.59 Å². The first kappa shape index (κ1) is 16.0. The summed E-state index contributed by atoms with van der Waals surface area (Å²) in [4.78, 5) is 35.7. The lowest BCUT2D eigenvalue weighted by Gasteiger charge is -2.39. The van der Waals surface area contributed by atoms with Crippen LogP contribution in [0.5, 0.6) is 0 Å². The van der Waals surface area contributed by atoms with E-state index in [9.17, 15) is 9.59 Å². The number of aryl methyl sites for hydroxylation is 1. The molecule has 0 aromatic carbocycles. The Morgan fingerprint density at radius 1 is 1.30 bits per heavy atom. The molecule has 7 nitrogen and oxygen atoms in total. The highest BCUT2D eigenvalue weighted by Gasteiger charge is 2.35. The van der Waals surface area contributed by atoms with Crippen LogP contribution in [0.4, 0.5) is 0 Å². The number of H-pyrrole nitrogens is 1. The molecule has 2 amide bonds. The van der Waals surface area contributed by atoms with Crippen molar-refractivity contribution in [2.45, 2.75) is 32.7 Å². The van der Waals surface area contributed by atoms with E-state index in [0.717, 1.165) is 24.4 Å². The summed E-state index contributed by atoms with van der Waals surface area (Å²) in [5.74, 6) is 1.03. The molecule has 0 radical (unpaired) electrons. The van der Waals surface area contributed by atoms with E-state index in [1.807, 2.05) is 16.7 Å². The van der Waals surface area contributed by atoms with Crippen LogP contribution in [0.1, 0.15) is 37.3 Å². The first-order chi connectivity index (χ1) is 11.1. The van der Waals surface area contributed by atoms with Gasteiger partial charge in [-0.15, -0.1) is 0 Å². The van der Waals surface area contributed by atoms with E-state index in [2.05, 4.69) is 9.97 Å². The zero-order chi connectivity index (χ0) is 16.4. The van der Waals surface area contributed by atoms with E-state index in [4.69, 9.17) is 4.74 Å². The van der Waals surface area contributed by atoms with Gasteiger partial charge >= 0.3 is 0 Å². The number of ether oxygens (including phenoxy) is 1. The highest BCUT2D eigenvalue weighted by atomic mass is 16.5. The second-order valence-corrected chi connectivity index (χ2v) is 6.35. The Balaban J connectivity index is 1.68. The van der Waals surface area contributed by atoms with Gasteiger partial charge in [0.2, 0.25) is 11.8 Å². The van der Waals surface area contributed by atoms with E-state index in [1.165, 1.54) is 0 Å². The molecule has 0 spiro atoms. The summed E-state index contributed by atoms with van der Waals surface area (Å²) in [7, 11) is 0. The number of piperidine rings is 1. The molecular formula is C16H24N4O3. The van der Waals surface area contributed by atoms with Crippen molar-refractivity contribution in [2.75, 3.05) is 32.8 Å². The topological polar surface area (TPSA) is 78.5 Å². The third kappa shape index (κ3) is 3.39. The van der Waals surface area contributed by atoms with Gasteiger partial charge in [-0.05, 0) is 19.8 Å². The van der Waals surface area contributed by atoms with Crippen LogP contribution in [0.25, 0.3) is 0 Å². The molecule has 7 heteroatoms. The standard InChI is InChI=1S/C16H24N4O3/c1-11-9-17-15(18-11)14-10-23-8-7-20(14)16(22)13-3-5-19(6-4-13)12(2)21/h9,13-14H,3-8,10H2,1-2H3,(H,17,18). The molecule has 2 aliphatic heterocycles. The number of carbonyl (C=O) groups excluding carboxylic acids is 2. The van der Waals surface area contributed by atoms with Crippen molar-refractivity contribution >= 4 is 11.8 Å². The van der Waals surface area contributed by atoms with Crippen LogP contribution in [0, 0.1) is 12.8 Å². The predicted octanol–water partition coefficient (Wildman–Crippen LogP) is 0.877. The van der Waals surface area contributed by atoms with Crippen molar-refractivity contribution in [3.8, 4) is 0 Å². The molecule has 1 aromatic rings. The maximum Gasteiger partial charge on any atom is 0.226 e. The molecule has 1 N–H and O–H groups in total. The molecule has 1 atom stereocenters. The molecule has 3 rings (SSSR count). The smallest absolute Gasteiger partial charge is 0.226 e. The minimum Gasteiger partial charge on any atom is -0.377 e. The normalized spacial score (nSPS) is 23.1. The lowest BCUT2D eigenvalue weighted by atomic mass is 9.94. The SMILES string of the molecule is CC(=O)N1CCC(C(=O)N2CCOCC2c2ncc(C)[nH]2)CC1. The Morgan fingerprint density at radius 3 is 2.65 bits per heavy atom. The Hall–Kier alpha value is -1.89. The Bertz CT molecular complexity index is 578. The number of nitrogens with one attached hydrogen (secondary N) is 1. The Labute approximate surface area is 136 Å². The molecule has 1 aromatic heterocycles. The van der Waals surface area contributed by atoms with E-state index in [-0.39, 0.29) is 23.8 Å². The molecule has 3 heterocycles. The number of morpholine rings is 1. The number of aromatic amines is 1. The third-order valence-electron chi connectivity index (χ3n) is 4.74. The van der Waals surface area contributed by atoms with Gasteiger partial charge in [0.15, 0.2) is 0 Å². The van der Waals surface area contributed by atoms with E-state index >= 15 is 0 Å². The molecular weight excluding hydrogens is 296 g/mol. The van der Waals surface area contributed by atoms with E-state index in [1.54, 1.807) is 13.1 Å². The van der Waals surface area contributed by atoms with Gasteiger partial charge in [-0.2, -0.15) is 0 Å². The number of imidazole rings is 1. The van der Waals surface area contributed by atoms with Gasteiger partial charge in [0, 0.05) is 44.4 Å². The zero-order valence-corrected chi connectivity index (χ0v) is 13.7. The van der Waals surface area contributed by atoms with Crippen molar-refractivity contribution < 1.29 is 14.3 Å². The van der Waals surface area contributed by atoms with Crippen LogP contribution in [0.15, 0.2) is 6.20 Å². The Kier molecular flexibility index (Phi) is 4.66. The molecule has 23 heavy (non-hydrogen) atoms. The molecule has 0 saturated carbocycles. The highest BCUT2D eigenvalue weighted by molar-refractivity contribution is 5.80. The largest absolute Gasteiger partial charge is 0.377 e. The van der Waals surface area contributed by atoms with Gasteiger partial charge in [-0.25, -0.2) is 4.98 Å². The van der Waals surface area contributed by atoms with Crippen LogP contribution in [-0.4, -0.2) is 64.4 Å². The summed E-state index contributed by atoms with van der Waals surface area (Å²) in [6.45, 7) is 6.50. The number of hydrogen-bond donors (Lipinski definition) is 1. The van der Waals surface area contributed by atoms with E-state index < -0.39 is 0 Å². The van der Waals surface area contributed by atoms with Gasteiger partial charge in [0.25, 0.3) is 0 Å². The number of nitrogens with zero attached hydrogens (tertiary/aromatic N) is 3. The fourth-order valence-corrected chi connectivity index (χ4v) is 3.37. The summed E-state index contributed by atoms with van der Waals surface area (Å²) < 4.78 is 5.56. The fraction of sp³-hybridized carbons (Fsp3) is 0.688. The van der Waals surface area contributed by atoms with Crippen LogP contribution < -0.4 is 0 Å². The van der Waals surface area contributed by atoms with Crippen molar-refractivity contribution in [2.24, 2.45) is 5.92 Å². The predicted molar refractivity (Wildman–Crippen MR) is 83.6 cm³/mol. The molecule has 0 bridgehead atoms. The van der Waals surface area contributed by atoms with Crippen molar-refractivity contribution in [3.05, 3.63) is 17.7 Å². The quantitative estimate of drug-likeness (QED) is 0.877. The monoisotopic (exact) mass is 320 g/mol. The second-order valence-electron chi connectivity index (χ2n) is 6.35. The summed E-state index contributed by atoms with van der Waals surface area (Å²) in [6.07, 6.45) is 3.25. The van der Waals surface area contributed by atoms with Crippen molar-refractivity contribution in [3.63, 3.8) is 0 Å². The van der Waals surface area contributed by atoms with Crippen LogP contribution >= 0.6 is 0 Å². The van der Waals surface area contributed by atoms with Gasteiger partial charge < -0.3 is 19.5 Å². The second kappa shape index (κ2) is 6.70. The maximum absolute atomic E-state index is 12.9. The highest BCUT2D eigenvalue weighted by Crippen LogP contribution is 2.27. The summed E-state index contributed by atoms with van der Waals surface area (Å²) in [5, 5.41) is 0. The molecule has 2 aliphatic rings. The van der Waals surface area contributed by atoms with E-state index in [0.29, 0.717) is 32.8 Å². The lowest BCUT2D eigenvalue weighted by molar-refractivity contribution is -0.148. The first-order valence-corrected chi connectivity index (χ1v) is 8.21. The molecule has 2 saturated heterocycles. The van der Waals surface area contributed by atoms with Crippen LogP contribution in [0.3, 0.4) is 0 Å². The lowest BCUT2D eigenvalue weighted by Crippen LogP contribution is -2.49. The fourth-order valence-electron chi connectivity index (χ4n) is 3.37.